The lowest BCUT2D eigenvalue weighted by atomic mass is 10.2. The van der Waals surface area contributed by atoms with E-state index in [1.165, 1.54) is 6.07 Å². The molecule has 1 aromatic rings. The average Bonchev–Trinajstić information content (AvgIpc) is 3.01. The van der Waals surface area contributed by atoms with Gasteiger partial charge in [0.2, 0.25) is 0 Å². The van der Waals surface area contributed by atoms with Gasteiger partial charge < -0.3 is 5.73 Å². The fourth-order valence-corrected chi connectivity index (χ4v) is 2.87. The van der Waals surface area contributed by atoms with E-state index < -0.39 is 16.6 Å². The Bertz CT molecular complexity index is 379. The molecule has 15 heavy (non-hydrogen) atoms. The topological polar surface area (TPSA) is 43.1 Å². The molecule has 0 saturated heterocycles. The minimum absolute atomic E-state index is 0.0505. The fourth-order valence-electron chi connectivity index (χ4n) is 1.55. The van der Waals surface area contributed by atoms with E-state index in [2.05, 4.69) is 0 Å². The summed E-state index contributed by atoms with van der Waals surface area (Å²) in [6, 6.07) is 6.13. The third-order valence-corrected chi connectivity index (χ3v) is 4.16. The Morgan fingerprint density at radius 1 is 1.47 bits per heavy atom. The smallest absolute Gasteiger partial charge is 0.139 e. The van der Waals surface area contributed by atoms with Crippen molar-refractivity contribution in [3.05, 3.63) is 30.1 Å². The van der Waals surface area contributed by atoms with Gasteiger partial charge in [-0.2, -0.15) is 0 Å². The highest BCUT2D eigenvalue weighted by Crippen LogP contribution is 2.32. The lowest BCUT2D eigenvalue weighted by molar-refractivity contribution is 0.591. The van der Waals surface area contributed by atoms with Gasteiger partial charge in [0.25, 0.3) is 0 Å². The Morgan fingerprint density at radius 2 is 2.13 bits per heavy atom. The third-order valence-electron chi connectivity index (χ3n) is 2.65. The first-order chi connectivity index (χ1) is 7.18. The number of nitrogens with two attached hydrogens (primary N) is 1. The monoisotopic (exact) mass is 227 g/mol. The maximum Gasteiger partial charge on any atom is 0.139 e. The predicted octanol–water partition coefficient (Wildman–Crippen LogP) is 1.67. The maximum absolute atomic E-state index is 13.3. The van der Waals surface area contributed by atoms with Gasteiger partial charge in [-0.25, -0.2) is 4.39 Å². The summed E-state index contributed by atoms with van der Waals surface area (Å²) in [5, 5.41) is 0. The first-order valence-electron chi connectivity index (χ1n) is 5.07. The molecule has 4 heteroatoms. The molecule has 0 bridgehead atoms. The normalized spacial score (nSPS) is 19.9. The molecule has 1 aromatic carbocycles. The van der Waals surface area contributed by atoms with E-state index in [-0.39, 0.29) is 10.9 Å². The Labute approximate surface area is 91.1 Å². The van der Waals surface area contributed by atoms with Gasteiger partial charge in [-0.1, -0.05) is 12.1 Å². The van der Waals surface area contributed by atoms with Crippen LogP contribution in [-0.2, 0) is 10.8 Å². The van der Waals surface area contributed by atoms with E-state index in [0.717, 1.165) is 12.8 Å². The van der Waals surface area contributed by atoms with Crippen molar-refractivity contribution < 1.29 is 8.60 Å². The van der Waals surface area contributed by atoms with E-state index in [0.29, 0.717) is 11.7 Å². The van der Waals surface area contributed by atoms with Gasteiger partial charge in [0, 0.05) is 11.8 Å². The Morgan fingerprint density at radius 3 is 2.73 bits per heavy atom. The standard InChI is InChI=1S/C11H14FNOS/c12-9-3-1-2-4-11(9)15(14)7-10(13)8-5-6-8/h1-4,8,10H,5-7,13H2. The molecule has 0 heterocycles. The van der Waals surface area contributed by atoms with Gasteiger partial charge in [0.15, 0.2) is 0 Å². The van der Waals surface area contributed by atoms with Crippen LogP contribution in [0.1, 0.15) is 12.8 Å². The van der Waals surface area contributed by atoms with E-state index >= 15 is 0 Å². The number of halogens is 1. The lowest BCUT2D eigenvalue weighted by Crippen LogP contribution is -2.29. The second-order valence-electron chi connectivity index (χ2n) is 3.94. The molecule has 1 aliphatic rings. The predicted molar refractivity (Wildman–Crippen MR) is 58.4 cm³/mol. The molecule has 2 N–H and O–H groups in total. The fraction of sp³-hybridized carbons (Fsp3) is 0.455. The van der Waals surface area contributed by atoms with Crippen molar-refractivity contribution in [1.82, 2.24) is 0 Å². The van der Waals surface area contributed by atoms with Gasteiger partial charge in [-0.05, 0) is 30.9 Å². The molecule has 2 nitrogen and oxygen atoms in total. The molecule has 1 aliphatic carbocycles. The molecule has 0 aliphatic heterocycles. The molecular formula is C11H14FNOS. The minimum atomic E-state index is -1.31. The Balaban J connectivity index is 2.04. The largest absolute Gasteiger partial charge is 0.327 e. The molecule has 2 unspecified atom stereocenters. The van der Waals surface area contributed by atoms with Crippen LogP contribution in [0.4, 0.5) is 4.39 Å². The molecule has 0 amide bonds. The van der Waals surface area contributed by atoms with E-state index in [4.69, 9.17) is 5.73 Å². The van der Waals surface area contributed by atoms with Crippen molar-refractivity contribution in [3.63, 3.8) is 0 Å². The molecule has 0 aromatic heterocycles. The molecule has 1 saturated carbocycles. The second-order valence-corrected chi connectivity index (χ2v) is 5.41. The van der Waals surface area contributed by atoms with Crippen molar-refractivity contribution in [1.29, 1.82) is 0 Å². The molecule has 0 spiro atoms. The van der Waals surface area contributed by atoms with Crippen LogP contribution in [0.25, 0.3) is 0 Å². The summed E-state index contributed by atoms with van der Waals surface area (Å²) < 4.78 is 25.1. The highest BCUT2D eigenvalue weighted by Gasteiger charge is 2.30. The zero-order chi connectivity index (χ0) is 10.8. The van der Waals surface area contributed by atoms with Crippen LogP contribution in [0.5, 0.6) is 0 Å². The number of hydrogen-bond acceptors (Lipinski definition) is 2. The molecule has 82 valence electrons. The average molecular weight is 227 g/mol. The van der Waals surface area contributed by atoms with Crippen LogP contribution in [0.2, 0.25) is 0 Å². The Hall–Kier alpha value is -0.740. The summed E-state index contributed by atoms with van der Waals surface area (Å²) in [5.41, 5.74) is 5.85. The lowest BCUT2D eigenvalue weighted by Gasteiger charge is -2.09. The van der Waals surface area contributed by atoms with E-state index in [9.17, 15) is 8.60 Å². The Kier molecular flexibility index (Phi) is 3.17. The number of benzene rings is 1. The summed E-state index contributed by atoms with van der Waals surface area (Å²) in [6.07, 6.45) is 2.24. The van der Waals surface area contributed by atoms with Crippen LogP contribution >= 0.6 is 0 Å². The zero-order valence-electron chi connectivity index (χ0n) is 8.36. The number of hydrogen-bond donors (Lipinski definition) is 1. The zero-order valence-corrected chi connectivity index (χ0v) is 9.17. The van der Waals surface area contributed by atoms with E-state index in [1.54, 1.807) is 18.2 Å². The summed E-state index contributed by atoms with van der Waals surface area (Å²) in [6.45, 7) is 0. The van der Waals surface area contributed by atoms with Crippen LogP contribution < -0.4 is 5.73 Å². The van der Waals surface area contributed by atoms with Gasteiger partial charge in [0.1, 0.15) is 5.82 Å². The van der Waals surface area contributed by atoms with Gasteiger partial charge in [0.05, 0.1) is 15.7 Å². The van der Waals surface area contributed by atoms with Crippen LogP contribution in [0.3, 0.4) is 0 Å². The van der Waals surface area contributed by atoms with Crippen LogP contribution in [0, 0.1) is 11.7 Å². The SMILES string of the molecule is NC(CS(=O)c1ccccc1F)C1CC1. The quantitative estimate of drug-likeness (QED) is 0.850. The van der Waals surface area contributed by atoms with Crippen molar-refractivity contribution >= 4 is 10.8 Å². The highest BCUT2D eigenvalue weighted by atomic mass is 32.2. The summed E-state index contributed by atoms with van der Waals surface area (Å²) in [7, 11) is -1.31. The summed E-state index contributed by atoms with van der Waals surface area (Å²) in [5.74, 6) is 0.463. The van der Waals surface area contributed by atoms with Crippen molar-refractivity contribution in [2.24, 2.45) is 11.7 Å². The van der Waals surface area contributed by atoms with E-state index in [1.807, 2.05) is 0 Å². The molecule has 0 radical (unpaired) electrons. The van der Waals surface area contributed by atoms with Gasteiger partial charge in [-0.15, -0.1) is 0 Å². The minimum Gasteiger partial charge on any atom is -0.327 e. The van der Waals surface area contributed by atoms with Crippen molar-refractivity contribution in [2.45, 2.75) is 23.8 Å². The van der Waals surface area contributed by atoms with Gasteiger partial charge >= 0.3 is 0 Å². The summed E-state index contributed by atoms with van der Waals surface area (Å²) in [4.78, 5) is 0.272. The molecular weight excluding hydrogens is 213 g/mol. The highest BCUT2D eigenvalue weighted by molar-refractivity contribution is 7.85. The number of rotatable bonds is 4. The van der Waals surface area contributed by atoms with Crippen molar-refractivity contribution in [2.75, 3.05) is 5.75 Å². The second kappa shape index (κ2) is 4.41. The van der Waals surface area contributed by atoms with Crippen LogP contribution in [0.15, 0.2) is 29.2 Å². The molecule has 1 fully saturated rings. The third kappa shape index (κ3) is 2.63. The van der Waals surface area contributed by atoms with Crippen LogP contribution in [-0.4, -0.2) is 16.0 Å². The maximum atomic E-state index is 13.3. The molecule has 2 rings (SSSR count). The first kappa shape index (κ1) is 10.8. The van der Waals surface area contributed by atoms with Crippen molar-refractivity contribution in [3.8, 4) is 0 Å². The first-order valence-corrected chi connectivity index (χ1v) is 6.39. The summed E-state index contributed by atoms with van der Waals surface area (Å²) >= 11 is 0. The van der Waals surface area contributed by atoms with Gasteiger partial charge in [-0.3, -0.25) is 4.21 Å². The molecule has 2 atom stereocenters.